The van der Waals surface area contributed by atoms with E-state index in [-0.39, 0.29) is 17.5 Å². The van der Waals surface area contributed by atoms with Crippen molar-refractivity contribution < 1.29 is 13.9 Å². The van der Waals surface area contributed by atoms with Crippen LogP contribution in [-0.4, -0.2) is 46.7 Å². The molecule has 1 saturated heterocycles. The number of anilines is 1. The number of rotatable bonds is 5. The fraction of sp³-hybridized carbons (Fsp3) is 0.231. The van der Waals surface area contributed by atoms with E-state index in [4.69, 9.17) is 9.72 Å². The van der Waals surface area contributed by atoms with Crippen LogP contribution in [0.25, 0.3) is 16.6 Å². The van der Waals surface area contributed by atoms with Crippen molar-refractivity contribution in [2.45, 2.75) is 13.0 Å². The number of nitrogens with one attached hydrogen (secondary N) is 1. The summed E-state index contributed by atoms with van der Waals surface area (Å²) in [6.45, 7) is 3.94. The predicted octanol–water partition coefficient (Wildman–Crippen LogP) is 3.25. The summed E-state index contributed by atoms with van der Waals surface area (Å²) in [4.78, 5) is 37.3. The molecular formula is C26H24FN5O3. The van der Waals surface area contributed by atoms with E-state index < -0.39 is 5.82 Å². The van der Waals surface area contributed by atoms with E-state index in [1.807, 2.05) is 24.0 Å². The van der Waals surface area contributed by atoms with Crippen molar-refractivity contribution in [3.63, 3.8) is 0 Å². The maximum atomic E-state index is 14.0. The Morgan fingerprint density at radius 1 is 1.11 bits per heavy atom. The summed E-state index contributed by atoms with van der Waals surface area (Å²) in [7, 11) is 0. The topological polar surface area (TPSA) is 89.4 Å². The van der Waals surface area contributed by atoms with Crippen LogP contribution in [0.4, 0.5) is 10.3 Å². The summed E-state index contributed by atoms with van der Waals surface area (Å²) in [5.41, 5.74) is 1.71. The molecule has 1 fully saturated rings. The molecule has 35 heavy (non-hydrogen) atoms. The van der Waals surface area contributed by atoms with Gasteiger partial charge in [0.1, 0.15) is 5.82 Å². The molecule has 3 heterocycles. The molecule has 0 aliphatic carbocycles. The van der Waals surface area contributed by atoms with E-state index in [9.17, 15) is 14.0 Å². The average molecular weight is 474 g/mol. The van der Waals surface area contributed by atoms with Crippen molar-refractivity contribution in [1.82, 2.24) is 19.9 Å². The molecule has 1 aliphatic heterocycles. The zero-order valence-corrected chi connectivity index (χ0v) is 19.1. The molecule has 1 atom stereocenters. The quantitative estimate of drug-likeness (QED) is 0.479. The lowest BCUT2D eigenvalue weighted by molar-refractivity contribution is 0.0940. The van der Waals surface area contributed by atoms with Gasteiger partial charge in [-0.25, -0.2) is 13.9 Å². The molecule has 8 nitrogen and oxygen atoms in total. The van der Waals surface area contributed by atoms with E-state index in [1.54, 1.807) is 42.7 Å². The normalized spacial score (nSPS) is 14.6. The van der Waals surface area contributed by atoms with Crippen molar-refractivity contribution in [3.8, 4) is 5.69 Å². The maximum absolute atomic E-state index is 14.0. The molecule has 0 unspecified atom stereocenters. The third-order valence-electron chi connectivity index (χ3n) is 6.01. The zero-order chi connectivity index (χ0) is 24.4. The fourth-order valence-electron chi connectivity index (χ4n) is 4.13. The number of aromatic nitrogens is 3. The van der Waals surface area contributed by atoms with Gasteiger partial charge >= 0.3 is 0 Å². The van der Waals surface area contributed by atoms with E-state index in [0.29, 0.717) is 54.4 Å². The summed E-state index contributed by atoms with van der Waals surface area (Å²) in [6.07, 6.45) is 3.38. The Hall–Kier alpha value is -4.11. The lowest BCUT2D eigenvalue weighted by Gasteiger charge is -2.30. The van der Waals surface area contributed by atoms with Crippen LogP contribution in [0.2, 0.25) is 0 Å². The number of amides is 1. The van der Waals surface area contributed by atoms with E-state index in [0.717, 1.165) is 5.56 Å². The molecule has 1 aliphatic rings. The second-order valence-corrected chi connectivity index (χ2v) is 8.35. The number of nitrogens with zero attached hydrogens (tertiary/aromatic N) is 4. The first-order chi connectivity index (χ1) is 17.0. The van der Waals surface area contributed by atoms with Crippen LogP contribution in [0, 0.1) is 5.82 Å². The second kappa shape index (κ2) is 9.63. The van der Waals surface area contributed by atoms with Gasteiger partial charge in [-0.3, -0.25) is 14.6 Å². The molecule has 2 aromatic heterocycles. The van der Waals surface area contributed by atoms with Crippen molar-refractivity contribution >= 4 is 22.8 Å². The monoisotopic (exact) mass is 473 g/mol. The standard InChI is InChI=1S/C26H24FN5O3/c1-17(19-4-3-9-28-16-19)29-24(33)18-7-8-22-23(14-18)30-26(31-10-12-35-13-11-31)32(25(22)34)21-6-2-5-20(27)15-21/h2-9,14-17H,10-13H2,1H3,(H,29,33)/t17-/m1/s1. The van der Waals surface area contributed by atoms with Crippen molar-refractivity contribution in [1.29, 1.82) is 0 Å². The molecule has 178 valence electrons. The molecule has 0 saturated carbocycles. The summed E-state index contributed by atoms with van der Waals surface area (Å²) < 4.78 is 20.9. The minimum Gasteiger partial charge on any atom is -0.378 e. The number of fused-ring (bicyclic) bond motifs is 1. The highest BCUT2D eigenvalue weighted by atomic mass is 19.1. The van der Waals surface area contributed by atoms with Crippen LogP contribution in [0.3, 0.4) is 0 Å². The minimum absolute atomic E-state index is 0.246. The number of halogens is 1. The average Bonchev–Trinajstić information content (AvgIpc) is 2.89. The maximum Gasteiger partial charge on any atom is 0.267 e. The number of hydrogen-bond acceptors (Lipinski definition) is 6. The Kier molecular flexibility index (Phi) is 6.24. The van der Waals surface area contributed by atoms with Crippen molar-refractivity contribution in [2.75, 3.05) is 31.2 Å². The van der Waals surface area contributed by atoms with Gasteiger partial charge in [-0.05, 0) is 55.0 Å². The molecule has 0 spiro atoms. The van der Waals surface area contributed by atoms with Gasteiger partial charge in [0.15, 0.2) is 0 Å². The van der Waals surface area contributed by atoms with Crippen LogP contribution in [0.15, 0.2) is 71.8 Å². The summed E-state index contributed by atoms with van der Waals surface area (Å²) in [5.74, 6) is -0.345. The lowest BCUT2D eigenvalue weighted by atomic mass is 10.1. The number of pyridine rings is 1. The predicted molar refractivity (Wildman–Crippen MR) is 130 cm³/mol. The molecule has 4 aromatic rings. The second-order valence-electron chi connectivity index (χ2n) is 8.35. The molecule has 5 rings (SSSR count). The smallest absolute Gasteiger partial charge is 0.267 e. The van der Waals surface area contributed by atoms with Gasteiger partial charge in [0.25, 0.3) is 11.5 Å². The van der Waals surface area contributed by atoms with Crippen molar-refractivity contribution in [2.24, 2.45) is 0 Å². The molecule has 1 N–H and O–H groups in total. The van der Waals surface area contributed by atoms with Gasteiger partial charge < -0.3 is 15.0 Å². The first-order valence-electron chi connectivity index (χ1n) is 11.4. The van der Waals surface area contributed by atoms with Crippen LogP contribution in [0.5, 0.6) is 0 Å². The summed E-state index contributed by atoms with van der Waals surface area (Å²) >= 11 is 0. The fourth-order valence-corrected chi connectivity index (χ4v) is 4.13. The highest BCUT2D eigenvalue weighted by Gasteiger charge is 2.22. The van der Waals surface area contributed by atoms with Crippen LogP contribution in [-0.2, 0) is 4.74 Å². The number of hydrogen-bond donors (Lipinski definition) is 1. The largest absolute Gasteiger partial charge is 0.378 e. The van der Waals surface area contributed by atoms with E-state index in [1.165, 1.54) is 16.7 Å². The summed E-state index contributed by atoms with van der Waals surface area (Å²) in [5, 5.41) is 3.29. The Morgan fingerprint density at radius 2 is 1.94 bits per heavy atom. The van der Waals surface area contributed by atoms with Gasteiger partial charge in [0.2, 0.25) is 5.95 Å². The van der Waals surface area contributed by atoms with Gasteiger partial charge in [-0.2, -0.15) is 0 Å². The number of morpholine rings is 1. The third kappa shape index (κ3) is 4.63. The first-order valence-corrected chi connectivity index (χ1v) is 11.4. The Morgan fingerprint density at radius 3 is 2.69 bits per heavy atom. The molecular weight excluding hydrogens is 449 g/mol. The van der Waals surface area contributed by atoms with E-state index in [2.05, 4.69) is 10.3 Å². The number of ether oxygens (including phenoxy) is 1. The molecule has 0 radical (unpaired) electrons. The SMILES string of the molecule is C[C@@H](NC(=O)c1ccc2c(=O)n(-c3cccc(F)c3)c(N3CCOCC3)nc2c1)c1cccnc1. The Labute approximate surface area is 201 Å². The van der Waals surface area contributed by atoms with Crippen molar-refractivity contribution in [3.05, 3.63) is 94.3 Å². The first kappa shape index (κ1) is 22.7. The zero-order valence-electron chi connectivity index (χ0n) is 19.1. The molecule has 1 amide bonds. The van der Waals surface area contributed by atoms with Gasteiger partial charge in [0.05, 0.1) is 35.8 Å². The van der Waals surface area contributed by atoms with Crippen LogP contribution >= 0.6 is 0 Å². The van der Waals surface area contributed by atoms with Gasteiger partial charge in [-0.1, -0.05) is 12.1 Å². The Balaban J connectivity index is 1.57. The van der Waals surface area contributed by atoms with E-state index >= 15 is 0 Å². The number of benzene rings is 2. The van der Waals surface area contributed by atoms with Gasteiger partial charge in [0, 0.05) is 31.0 Å². The molecule has 0 bridgehead atoms. The highest BCUT2D eigenvalue weighted by molar-refractivity contribution is 5.98. The number of carbonyl (C=O) groups is 1. The summed E-state index contributed by atoms with van der Waals surface area (Å²) in [6, 6.07) is 14.1. The third-order valence-corrected chi connectivity index (χ3v) is 6.01. The van der Waals surface area contributed by atoms with Crippen LogP contribution in [0.1, 0.15) is 28.9 Å². The molecule has 9 heteroatoms. The van der Waals surface area contributed by atoms with Crippen LogP contribution < -0.4 is 15.8 Å². The lowest BCUT2D eigenvalue weighted by Crippen LogP contribution is -2.40. The number of carbonyl (C=O) groups excluding carboxylic acids is 1. The molecule has 2 aromatic carbocycles. The highest BCUT2D eigenvalue weighted by Crippen LogP contribution is 2.22. The Bertz CT molecular complexity index is 1430. The van der Waals surface area contributed by atoms with Gasteiger partial charge in [-0.15, -0.1) is 0 Å². The minimum atomic E-state index is -0.447.